The Kier molecular flexibility index (Phi) is 5.29. The Morgan fingerprint density at radius 3 is 2.50 bits per heavy atom. The van der Waals surface area contributed by atoms with Crippen molar-refractivity contribution in [2.24, 2.45) is 0 Å². The van der Waals surface area contributed by atoms with Crippen LogP contribution < -0.4 is 10.6 Å². The second kappa shape index (κ2) is 6.73. The molecule has 6 nitrogen and oxygen atoms in total. The average molecular weight is 252 g/mol. The summed E-state index contributed by atoms with van der Waals surface area (Å²) >= 11 is 0. The van der Waals surface area contributed by atoms with Crippen molar-refractivity contribution >= 4 is 17.5 Å². The molecule has 0 aliphatic carbocycles. The molecule has 0 unspecified atom stereocenters. The summed E-state index contributed by atoms with van der Waals surface area (Å²) < 4.78 is 0. The quantitative estimate of drug-likeness (QED) is 0.569. The number of aliphatic hydroxyl groups excluding tert-OH is 2. The second-order valence-corrected chi connectivity index (χ2v) is 3.80. The van der Waals surface area contributed by atoms with E-state index in [-0.39, 0.29) is 19.0 Å². The number of carbonyl (C=O) groups is 2. The molecule has 0 aromatic heterocycles. The van der Waals surface area contributed by atoms with Crippen LogP contribution in [0.3, 0.4) is 0 Å². The molecule has 0 bridgehead atoms. The summed E-state index contributed by atoms with van der Waals surface area (Å²) in [4.78, 5) is 22.7. The van der Waals surface area contributed by atoms with Gasteiger partial charge in [0.1, 0.15) is 0 Å². The standard InChI is InChI=1S/C12H16N2O4/c1-8(17)9-3-2-4-10(5-9)13-12(18)14-11(6-15)7-16/h2-5,11,15-16H,6-7H2,1H3,(H2,13,14,18). The van der Waals surface area contributed by atoms with Crippen LogP contribution in [0.5, 0.6) is 0 Å². The van der Waals surface area contributed by atoms with Crippen molar-refractivity contribution in [2.45, 2.75) is 13.0 Å². The number of urea groups is 1. The van der Waals surface area contributed by atoms with Gasteiger partial charge in [-0.3, -0.25) is 4.79 Å². The number of amides is 2. The third-order valence-electron chi connectivity index (χ3n) is 2.30. The van der Waals surface area contributed by atoms with Crippen molar-refractivity contribution in [1.82, 2.24) is 5.32 Å². The SMILES string of the molecule is CC(=O)c1cccc(NC(=O)NC(CO)CO)c1. The van der Waals surface area contributed by atoms with E-state index in [4.69, 9.17) is 10.2 Å². The summed E-state index contributed by atoms with van der Waals surface area (Å²) in [7, 11) is 0. The van der Waals surface area contributed by atoms with Crippen LogP contribution in [0.2, 0.25) is 0 Å². The van der Waals surface area contributed by atoms with E-state index >= 15 is 0 Å². The molecule has 0 aliphatic heterocycles. The van der Waals surface area contributed by atoms with E-state index in [1.54, 1.807) is 24.3 Å². The molecule has 18 heavy (non-hydrogen) atoms. The summed E-state index contributed by atoms with van der Waals surface area (Å²) in [5.41, 5.74) is 0.962. The van der Waals surface area contributed by atoms with E-state index in [0.29, 0.717) is 11.3 Å². The van der Waals surface area contributed by atoms with Gasteiger partial charge in [-0.15, -0.1) is 0 Å². The van der Waals surface area contributed by atoms with Crippen molar-refractivity contribution < 1.29 is 19.8 Å². The average Bonchev–Trinajstić information content (AvgIpc) is 2.36. The van der Waals surface area contributed by atoms with Crippen molar-refractivity contribution in [3.05, 3.63) is 29.8 Å². The Labute approximate surface area is 105 Å². The molecular weight excluding hydrogens is 236 g/mol. The number of ketones is 1. The molecule has 98 valence electrons. The van der Waals surface area contributed by atoms with Gasteiger partial charge in [-0.05, 0) is 19.1 Å². The maximum atomic E-state index is 11.5. The molecular formula is C12H16N2O4. The molecule has 0 fully saturated rings. The van der Waals surface area contributed by atoms with Crippen LogP contribution >= 0.6 is 0 Å². The normalized spacial score (nSPS) is 10.2. The minimum atomic E-state index is -0.707. The fourth-order valence-electron chi connectivity index (χ4n) is 1.32. The van der Waals surface area contributed by atoms with Gasteiger partial charge in [0.15, 0.2) is 5.78 Å². The molecule has 0 saturated heterocycles. The van der Waals surface area contributed by atoms with Crippen LogP contribution in [0.1, 0.15) is 17.3 Å². The topological polar surface area (TPSA) is 98.7 Å². The van der Waals surface area contributed by atoms with E-state index in [1.165, 1.54) is 6.92 Å². The molecule has 0 radical (unpaired) electrons. The smallest absolute Gasteiger partial charge is 0.319 e. The van der Waals surface area contributed by atoms with Crippen molar-refractivity contribution in [3.63, 3.8) is 0 Å². The first-order chi connectivity index (χ1) is 8.56. The van der Waals surface area contributed by atoms with Gasteiger partial charge >= 0.3 is 6.03 Å². The molecule has 1 rings (SSSR count). The lowest BCUT2D eigenvalue weighted by Crippen LogP contribution is -2.42. The zero-order valence-corrected chi connectivity index (χ0v) is 10.0. The number of aliphatic hydroxyl groups is 2. The minimum absolute atomic E-state index is 0.0948. The molecule has 0 spiro atoms. The summed E-state index contributed by atoms with van der Waals surface area (Å²) in [6.07, 6.45) is 0. The lowest BCUT2D eigenvalue weighted by molar-refractivity contribution is 0.101. The monoisotopic (exact) mass is 252 g/mol. The lowest BCUT2D eigenvalue weighted by atomic mass is 10.1. The van der Waals surface area contributed by atoms with E-state index in [1.807, 2.05) is 0 Å². The number of carbonyl (C=O) groups excluding carboxylic acids is 2. The van der Waals surface area contributed by atoms with Gasteiger partial charge in [0.05, 0.1) is 19.3 Å². The third-order valence-corrected chi connectivity index (χ3v) is 2.30. The molecule has 1 aromatic rings. The number of hydrogen-bond acceptors (Lipinski definition) is 4. The van der Waals surface area contributed by atoms with Gasteiger partial charge in [-0.2, -0.15) is 0 Å². The third kappa shape index (κ3) is 4.15. The fourth-order valence-corrected chi connectivity index (χ4v) is 1.32. The van der Waals surface area contributed by atoms with Crippen molar-refractivity contribution in [1.29, 1.82) is 0 Å². The highest BCUT2D eigenvalue weighted by Gasteiger charge is 2.10. The highest BCUT2D eigenvalue weighted by atomic mass is 16.3. The first kappa shape index (κ1) is 14.1. The second-order valence-electron chi connectivity index (χ2n) is 3.80. The Bertz CT molecular complexity index is 430. The molecule has 0 heterocycles. The Balaban J connectivity index is 2.64. The van der Waals surface area contributed by atoms with Gasteiger partial charge in [0, 0.05) is 11.3 Å². The van der Waals surface area contributed by atoms with Gasteiger partial charge < -0.3 is 20.8 Å². The zero-order chi connectivity index (χ0) is 13.5. The van der Waals surface area contributed by atoms with Crippen LogP contribution in [0.4, 0.5) is 10.5 Å². The summed E-state index contributed by atoms with van der Waals surface area (Å²) in [6, 6.07) is 5.23. The summed E-state index contributed by atoms with van der Waals surface area (Å²) in [6.45, 7) is 0.738. The van der Waals surface area contributed by atoms with E-state index in [2.05, 4.69) is 10.6 Å². The molecule has 2 amide bonds. The first-order valence-electron chi connectivity index (χ1n) is 5.47. The largest absolute Gasteiger partial charge is 0.394 e. The highest BCUT2D eigenvalue weighted by molar-refractivity contribution is 5.96. The summed E-state index contributed by atoms with van der Waals surface area (Å²) in [5, 5.41) is 22.5. The number of anilines is 1. The van der Waals surface area contributed by atoms with Crippen LogP contribution in [0, 0.1) is 0 Å². The number of nitrogens with one attached hydrogen (secondary N) is 2. The Morgan fingerprint density at radius 2 is 1.94 bits per heavy atom. The number of benzene rings is 1. The predicted octanol–water partition coefficient (Wildman–Crippen LogP) is 0.364. The Hall–Kier alpha value is -1.92. The number of Topliss-reactive ketones (excluding diaryl/α,β-unsaturated/α-hetero) is 1. The number of hydrogen-bond donors (Lipinski definition) is 4. The van der Waals surface area contributed by atoms with Crippen LogP contribution in [-0.4, -0.2) is 41.3 Å². The van der Waals surface area contributed by atoms with Gasteiger partial charge in [0.25, 0.3) is 0 Å². The van der Waals surface area contributed by atoms with Gasteiger partial charge in [0.2, 0.25) is 0 Å². The molecule has 0 atom stereocenters. The maximum Gasteiger partial charge on any atom is 0.319 e. The number of rotatable bonds is 5. The van der Waals surface area contributed by atoms with Crippen LogP contribution in [0.25, 0.3) is 0 Å². The van der Waals surface area contributed by atoms with E-state index in [9.17, 15) is 9.59 Å². The van der Waals surface area contributed by atoms with E-state index in [0.717, 1.165) is 0 Å². The van der Waals surface area contributed by atoms with Crippen LogP contribution in [0.15, 0.2) is 24.3 Å². The van der Waals surface area contributed by atoms with Crippen LogP contribution in [-0.2, 0) is 0 Å². The molecule has 0 aliphatic rings. The molecule has 0 saturated carbocycles. The molecule has 1 aromatic carbocycles. The van der Waals surface area contributed by atoms with Gasteiger partial charge in [-0.25, -0.2) is 4.79 Å². The van der Waals surface area contributed by atoms with Crippen molar-refractivity contribution in [2.75, 3.05) is 18.5 Å². The highest BCUT2D eigenvalue weighted by Crippen LogP contribution is 2.10. The summed E-state index contributed by atoms with van der Waals surface area (Å²) in [5.74, 6) is -0.0948. The molecule has 6 heteroatoms. The zero-order valence-electron chi connectivity index (χ0n) is 10.0. The maximum absolute atomic E-state index is 11.5. The first-order valence-corrected chi connectivity index (χ1v) is 5.47. The lowest BCUT2D eigenvalue weighted by Gasteiger charge is -2.14. The van der Waals surface area contributed by atoms with Gasteiger partial charge in [-0.1, -0.05) is 12.1 Å². The Morgan fingerprint density at radius 1 is 1.28 bits per heavy atom. The molecule has 4 N–H and O–H groups in total. The van der Waals surface area contributed by atoms with E-state index < -0.39 is 12.1 Å². The fraction of sp³-hybridized carbons (Fsp3) is 0.333. The van der Waals surface area contributed by atoms with Crippen molar-refractivity contribution in [3.8, 4) is 0 Å². The predicted molar refractivity (Wildman–Crippen MR) is 66.6 cm³/mol. The minimum Gasteiger partial charge on any atom is -0.394 e.